The highest BCUT2D eigenvalue weighted by molar-refractivity contribution is 7.11. The van der Waals surface area contributed by atoms with E-state index in [9.17, 15) is 23.9 Å². The van der Waals surface area contributed by atoms with Crippen LogP contribution in [-0.2, 0) is 19.1 Å². The average molecular weight is 564 g/mol. The zero-order valence-corrected chi connectivity index (χ0v) is 22.4. The monoisotopic (exact) mass is 563 g/mol. The molecule has 38 heavy (non-hydrogen) atoms. The third-order valence-electron chi connectivity index (χ3n) is 6.77. The molecule has 2 aromatic rings. The fourth-order valence-corrected chi connectivity index (χ4v) is 5.92. The number of carbonyl (C=O) groups is 3. The molecule has 0 bridgehead atoms. The number of carboxylic acid groups (broad SMARTS) is 1. The first-order valence-electron chi connectivity index (χ1n) is 12.2. The molecular formula is C26H27ClFN3O6S. The lowest BCUT2D eigenvalue weighted by molar-refractivity contribution is -0.144. The van der Waals surface area contributed by atoms with E-state index in [0.717, 1.165) is 11.0 Å². The number of hydrogen-bond donors (Lipinski definition) is 1. The SMILES string of the molecule is CCOC(=O)CC1CCC(C2=C(C(=O)OC)C(c3cccc(F)c3Cl)N(C(=O)O)C(c3nccs3)=N2)CC1. The zero-order valence-electron chi connectivity index (χ0n) is 20.9. The van der Waals surface area contributed by atoms with Gasteiger partial charge in [0, 0.05) is 29.5 Å². The average Bonchev–Trinajstić information content (AvgIpc) is 3.44. The zero-order chi connectivity index (χ0) is 27.4. The Labute approximate surface area is 227 Å². The lowest BCUT2D eigenvalue weighted by atomic mass is 9.77. The standard InChI is InChI=1S/C26H27ClFN3O6S/c1-3-37-18(32)13-14-7-9-15(10-8-14)21-19(25(33)36-2)22(16-5-4-6-17(28)20(16)27)31(26(34)35)23(30-21)24-29-11-12-38-24/h4-6,11-12,14-15,22H,3,7-10,13H2,1-2H3,(H,34,35). The number of rotatable bonds is 7. The number of hydrogen-bond acceptors (Lipinski definition) is 8. The molecule has 1 fully saturated rings. The Morgan fingerprint density at radius 3 is 2.58 bits per heavy atom. The van der Waals surface area contributed by atoms with Gasteiger partial charge in [-0.25, -0.2) is 28.9 Å². The summed E-state index contributed by atoms with van der Waals surface area (Å²) in [5.41, 5.74) is 0.433. The normalized spacial score (nSPS) is 21.6. The summed E-state index contributed by atoms with van der Waals surface area (Å²) < 4.78 is 24.8. The largest absolute Gasteiger partial charge is 0.466 e. The number of thiazole rings is 1. The fourth-order valence-electron chi connectivity index (χ4n) is 5.06. The number of ether oxygens (including phenoxy) is 2. The summed E-state index contributed by atoms with van der Waals surface area (Å²) in [5.74, 6) is -1.87. The second-order valence-electron chi connectivity index (χ2n) is 8.99. The van der Waals surface area contributed by atoms with Gasteiger partial charge in [-0.1, -0.05) is 23.7 Å². The van der Waals surface area contributed by atoms with Gasteiger partial charge in [0.15, 0.2) is 10.8 Å². The molecule has 12 heteroatoms. The first kappa shape index (κ1) is 27.7. The number of halogens is 2. The van der Waals surface area contributed by atoms with Gasteiger partial charge in [0.1, 0.15) is 11.9 Å². The Hall–Kier alpha value is -3.31. The molecule has 4 rings (SSSR count). The molecule has 0 saturated heterocycles. The highest BCUT2D eigenvalue weighted by Crippen LogP contribution is 2.45. The number of amidine groups is 1. The van der Waals surface area contributed by atoms with Crippen LogP contribution in [-0.4, -0.2) is 52.6 Å². The molecule has 1 saturated carbocycles. The van der Waals surface area contributed by atoms with E-state index in [2.05, 4.69) is 4.98 Å². The van der Waals surface area contributed by atoms with Gasteiger partial charge in [-0.2, -0.15) is 0 Å². The molecule has 202 valence electrons. The molecule has 0 spiro atoms. The molecule has 2 aliphatic rings. The van der Waals surface area contributed by atoms with Gasteiger partial charge in [-0.3, -0.25) is 4.79 Å². The smallest absolute Gasteiger partial charge is 0.413 e. The number of esters is 2. The summed E-state index contributed by atoms with van der Waals surface area (Å²) in [6.45, 7) is 2.08. The number of benzene rings is 1. The summed E-state index contributed by atoms with van der Waals surface area (Å²) in [4.78, 5) is 47.7. The van der Waals surface area contributed by atoms with Crippen LogP contribution in [0.4, 0.5) is 9.18 Å². The van der Waals surface area contributed by atoms with E-state index >= 15 is 0 Å². The van der Waals surface area contributed by atoms with Crippen molar-refractivity contribution in [3.63, 3.8) is 0 Å². The molecule has 9 nitrogen and oxygen atoms in total. The number of methoxy groups -OCH3 is 1. The highest BCUT2D eigenvalue weighted by atomic mass is 35.5. The number of nitrogens with zero attached hydrogens (tertiary/aromatic N) is 3. The minimum atomic E-state index is -1.41. The van der Waals surface area contributed by atoms with Crippen molar-refractivity contribution in [1.82, 2.24) is 9.88 Å². The van der Waals surface area contributed by atoms with E-state index in [1.807, 2.05) is 0 Å². The molecule has 1 aromatic heterocycles. The van der Waals surface area contributed by atoms with Crippen molar-refractivity contribution in [1.29, 1.82) is 0 Å². The predicted octanol–water partition coefficient (Wildman–Crippen LogP) is 5.60. The second-order valence-corrected chi connectivity index (χ2v) is 10.3. The van der Waals surface area contributed by atoms with Crippen LogP contribution in [0.2, 0.25) is 5.02 Å². The predicted molar refractivity (Wildman–Crippen MR) is 138 cm³/mol. The quantitative estimate of drug-likeness (QED) is 0.435. The van der Waals surface area contributed by atoms with Crippen molar-refractivity contribution >= 4 is 46.8 Å². The minimum absolute atomic E-state index is 0.0171. The Balaban J connectivity index is 1.84. The lowest BCUT2D eigenvalue weighted by Crippen LogP contribution is -2.45. The van der Waals surface area contributed by atoms with Gasteiger partial charge in [-0.05, 0) is 44.6 Å². The summed E-state index contributed by atoms with van der Waals surface area (Å²) in [5, 5.41) is 12.0. The van der Waals surface area contributed by atoms with Crippen LogP contribution in [0.3, 0.4) is 0 Å². The summed E-state index contributed by atoms with van der Waals surface area (Å²) in [6, 6.07) is 2.73. The molecule has 1 aliphatic heterocycles. The Morgan fingerprint density at radius 2 is 1.97 bits per heavy atom. The number of aliphatic imine (C=N–C) groups is 1. The van der Waals surface area contributed by atoms with Gasteiger partial charge in [0.05, 0.1) is 30.0 Å². The number of allylic oxidation sites excluding steroid dienone is 1. The van der Waals surface area contributed by atoms with Crippen LogP contribution in [0.1, 0.15) is 55.6 Å². The maximum atomic E-state index is 14.6. The molecule has 0 radical (unpaired) electrons. The van der Waals surface area contributed by atoms with Crippen LogP contribution in [0, 0.1) is 17.7 Å². The molecule has 1 amide bonds. The molecule has 1 unspecified atom stereocenters. The van der Waals surface area contributed by atoms with Crippen molar-refractivity contribution in [2.75, 3.05) is 13.7 Å². The summed E-state index contributed by atoms with van der Waals surface area (Å²) >= 11 is 7.53. The summed E-state index contributed by atoms with van der Waals surface area (Å²) in [7, 11) is 1.19. The van der Waals surface area contributed by atoms with Crippen LogP contribution in [0.5, 0.6) is 0 Å². The van der Waals surface area contributed by atoms with Crippen molar-refractivity contribution in [2.45, 2.75) is 45.1 Å². The molecular weight excluding hydrogens is 537 g/mol. The van der Waals surface area contributed by atoms with Crippen LogP contribution < -0.4 is 0 Å². The molecule has 1 aliphatic carbocycles. The van der Waals surface area contributed by atoms with Crippen LogP contribution in [0.15, 0.2) is 46.0 Å². The van der Waals surface area contributed by atoms with Crippen molar-refractivity contribution in [3.05, 3.63) is 62.5 Å². The Kier molecular flexibility index (Phi) is 8.78. The third kappa shape index (κ3) is 5.58. The molecule has 1 N–H and O–H groups in total. The van der Waals surface area contributed by atoms with Gasteiger partial charge >= 0.3 is 18.0 Å². The highest BCUT2D eigenvalue weighted by Gasteiger charge is 2.45. The molecule has 1 aromatic carbocycles. The number of amides is 1. The minimum Gasteiger partial charge on any atom is -0.466 e. The van der Waals surface area contributed by atoms with Crippen molar-refractivity contribution < 1.29 is 33.4 Å². The second kappa shape index (κ2) is 12.0. The van der Waals surface area contributed by atoms with E-state index in [1.165, 1.54) is 36.8 Å². The first-order valence-corrected chi connectivity index (χ1v) is 13.4. The first-order chi connectivity index (χ1) is 18.3. The van der Waals surface area contributed by atoms with E-state index in [-0.39, 0.29) is 39.8 Å². The van der Waals surface area contributed by atoms with Crippen molar-refractivity contribution in [2.24, 2.45) is 16.8 Å². The Bertz CT molecular complexity index is 1270. The molecule has 2 heterocycles. The van der Waals surface area contributed by atoms with Gasteiger partial charge in [0.25, 0.3) is 0 Å². The van der Waals surface area contributed by atoms with Gasteiger partial charge in [-0.15, -0.1) is 11.3 Å². The topological polar surface area (TPSA) is 118 Å². The number of carbonyl (C=O) groups excluding carboxylic acids is 2. The summed E-state index contributed by atoms with van der Waals surface area (Å²) in [6.07, 6.45) is 3.01. The fraction of sp³-hybridized carbons (Fsp3) is 0.423. The Morgan fingerprint density at radius 1 is 1.24 bits per heavy atom. The van der Waals surface area contributed by atoms with Crippen molar-refractivity contribution in [3.8, 4) is 0 Å². The van der Waals surface area contributed by atoms with Crippen LogP contribution >= 0.6 is 22.9 Å². The lowest BCUT2D eigenvalue weighted by Gasteiger charge is -2.38. The van der Waals surface area contributed by atoms with Crippen LogP contribution in [0.25, 0.3) is 0 Å². The third-order valence-corrected chi connectivity index (χ3v) is 7.94. The number of aromatic nitrogens is 1. The van der Waals surface area contributed by atoms with Gasteiger partial charge in [0.2, 0.25) is 0 Å². The maximum Gasteiger partial charge on any atom is 0.413 e. The van der Waals surface area contributed by atoms with E-state index in [1.54, 1.807) is 12.3 Å². The van der Waals surface area contributed by atoms with Gasteiger partial charge < -0.3 is 14.6 Å². The van der Waals surface area contributed by atoms with E-state index < -0.39 is 23.9 Å². The van der Waals surface area contributed by atoms with E-state index in [0.29, 0.717) is 49.4 Å². The van der Waals surface area contributed by atoms with E-state index in [4.69, 9.17) is 26.1 Å². The molecule has 1 atom stereocenters. The maximum absolute atomic E-state index is 14.6.